The molecule has 0 bridgehead atoms. The summed E-state index contributed by atoms with van der Waals surface area (Å²) in [6, 6.07) is 9.58. The van der Waals surface area contributed by atoms with E-state index in [2.05, 4.69) is 9.89 Å². The summed E-state index contributed by atoms with van der Waals surface area (Å²) < 4.78 is 4.54. The monoisotopic (exact) mass is 233 g/mol. The molecule has 0 atom stereocenters. The lowest BCUT2D eigenvalue weighted by Crippen LogP contribution is -2.00. The van der Waals surface area contributed by atoms with Crippen LogP contribution in [0.5, 0.6) is 0 Å². The highest BCUT2D eigenvalue weighted by molar-refractivity contribution is 6.08. The Morgan fingerprint density at radius 3 is 2.59 bits per heavy atom. The molecule has 1 aromatic rings. The summed E-state index contributed by atoms with van der Waals surface area (Å²) in [5.74, 6) is -0.286. The molecule has 4 nitrogen and oxygen atoms in total. The number of benzene rings is 1. The van der Waals surface area contributed by atoms with E-state index in [1.807, 2.05) is 30.3 Å². The quantitative estimate of drug-likeness (QED) is 0.445. The number of ether oxygens (including phenoxy) is 1. The van der Waals surface area contributed by atoms with Crippen LogP contribution in [0, 0.1) is 0 Å². The first kappa shape index (κ1) is 13.0. The molecule has 0 aliphatic heterocycles. The summed E-state index contributed by atoms with van der Waals surface area (Å²) in [4.78, 5) is 15.7. The van der Waals surface area contributed by atoms with Gasteiger partial charge in [0.05, 0.1) is 13.5 Å². The van der Waals surface area contributed by atoms with Crippen LogP contribution in [-0.4, -0.2) is 25.9 Å². The number of methoxy groups -OCH3 is 1. The van der Waals surface area contributed by atoms with E-state index in [1.165, 1.54) is 14.2 Å². The van der Waals surface area contributed by atoms with E-state index in [1.54, 1.807) is 12.2 Å². The van der Waals surface area contributed by atoms with Crippen LogP contribution in [0.1, 0.15) is 12.0 Å². The van der Waals surface area contributed by atoms with E-state index in [0.717, 1.165) is 5.56 Å². The average molecular weight is 233 g/mol. The van der Waals surface area contributed by atoms with Gasteiger partial charge in [0.2, 0.25) is 0 Å². The predicted octanol–water partition coefficient (Wildman–Crippen LogP) is 2.16. The third kappa shape index (κ3) is 4.51. The van der Waals surface area contributed by atoms with Crippen molar-refractivity contribution < 1.29 is 14.4 Å². The number of hydrogen-bond donors (Lipinski definition) is 0. The minimum Gasteiger partial charge on any atom is -0.469 e. The molecule has 0 aliphatic rings. The van der Waals surface area contributed by atoms with Crippen LogP contribution in [0.4, 0.5) is 0 Å². The molecule has 17 heavy (non-hydrogen) atoms. The second-order valence-corrected chi connectivity index (χ2v) is 3.21. The lowest BCUT2D eigenvalue weighted by atomic mass is 10.1. The molecule has 1 rings (SSSR count). The zero-order valence-electron chi connectivity index (χ0n) is 9.92. The summed E-state index contributed by atoms with van der Waals surface area (Å²) in [6.07, 6.45) is 3.64. The molecule has 0 aromatic heterocycles. The van der Waals surface area contributed by atoms with Crippen molar-refractivity contribution in [2.75, 3.05) is 14.2 Å². The predicted molar refractivity (Wildman–Crippen MR) is 65.8 cm³/mol. The van der Waals surface area contributed by atoms with Crippen LogP contribution in [0.3, 0.4) is 0 Å². The van der Waals surface area contributed by atoms with Crippen molar-refractivity contribution in [3.8, 4) is 0 Å². The summed E-state index contributed by atoms with van der Waals surface area (Å²) in [7, 11) is 2.84. The van der Waals surface area contributed by atoms with Crippen LogP contribution in [-0.2, 0) is 14.4 Å². The van der Waals surface area contributed by atoms with Gasteiger partial charge in [-0.3, -0.25) is 4.79 Å². The normalized spacial score (nSPS) is 11.5. The van der Waals surface area contributed by atoms with Crippen LogP contribution < -0.4 is 0 Å². The largest absolute Gasteiger partial charge is 0.469 e. The molecule has 0 saturated heterocycles. The van der Waals surface area contributed by atoms with Crippen molar-refractivity contribution in [3.63, 3.8) is 0 Å². The van der Waals surface area contributed by atoms with E-state index in [0.29, 0.717) is 5.71 Å². The van der Waals surface area contributed by atoms with Gasteiger partial charge >= 0.3 is 5.97 Å². The number of esters is 1. The molecule has 0 fully saturated rings. The molecule has 1 aromatic carbocycles. The van der Waals surface area contributed by atoms with Gasteiger partial charge in [-0.25, -0.2) is 0 Å². The fourth-order valence-corrected chi connectivity index (χ4v) is 1.24. The maximum atomic E-state index is 10.9. The fraction of sp³-hybridized carbons (Fsp3) is 0.231. The molecular formula is C13H15NO3. The molecule has 0 saturated carbocycles. The van der Waals surface area contributed by atoms with Gasteiger partial charge in [0.25, 0.3) is 0 Å². The van der Waals surface area contributed by atoms with Crippen molar-refractivity contribution in [1.29, 1.82) is 0 Å². The molecule has 4 heteroatoms. The molecule has 90 valence electrons. The summed E-state index contributed by atoms with van der Waals surface area (Å²) in [5, 5.41) is 3.89. The highest BCUT2D eigenvalue weighted by atomic mass is 16.6. The number of carbonyl (C=O) groups excluding carboxylic acids is 1. The highest BCUT2D eigenvalue weighted by Gasteiger charge is 2.00. The average Bonchev–Trinajstić information content (AvgIpc) is 2.38. The van der Waals surface area contributed by atoms with Crippen molar-refractivity contribution >= 4 is 11.7 Å². The van der Waals surface area contributed by atoms with Crippen molar-refractivity contribution in [3.05, 3.63) is 48.0 Å². The van der Waals surface area contributed by atoms with Crippen molar-refractivity contribution in [1.82, 2.24) is 0 Å². The summed E-state index contributed by atoms with van der Waals surface area (Å²) in [5.41, 5.74) is 1.59. The zero-order chi connectivity index (χ0) is 12.5. The molecule has 0 spiro atoms. The van der Waals surface area contributed by atoms with Gasteiger partial charge < -0.3 is 9.57 Å². The second kappa shape index (κ2) is 7.22. The Balaban J connectivity index is 2.75. The maximum Gasteiger partial charge on any atom is 0.309 e. The van der Waals surface area contributed by atoms with Crippen molar-refractivity contribution in [2.45, 2.75) is 6.42 Å². The van der Waals surface area contributed by atoms with E-state index in [-0.39, 0.29) is 12.4 Å². The topological polar surface area (TPSA) is 47.9 Å². The number of hydrogen-bond acceptors (Lipinski definition) is 4. The molecule has 0 N–H and O–H groups in total. The van der Waals surface area contributed by atoms with Gasteiger partial charge in [0.15, 0.2) is 0 Å². The Bertz CT molecular complexity index is 410. The molecular weight excluding hydrogens is 218 g/mol. The first-order valence-electron chi connectivity index (χ1n) is 5.18. The van der Waals surface area contributed by atoms with Crippen molar-refractivity contribution in [2.24, 2.45) is 5.16 Å². The number of allylic oxidation sites excluding steroid dienone is 1. The number of nitrogens with zero attached hydrogens (tertiary/aromatic N) is 1. The van der Waals surface area contributed by atoms with Crippen LogP contribution >= 0.6 is 0 Å². The van der Waals surface area contributed by atoms with Crippen LogP contribution in [0.15, 0.2) is 47.6 Å². The first-order valence-corrected chi connectivity index (χ1v) is 5.18. The SMILES string of the molecule is CO/N=C(/C=C/CC(=O)OC)c1ccccc1. The third-order valence-corrected chi connectivity index (χ3v) is 2.05. The summed E-state index contributed by atoms with van der Waals surface area (Å²) >= 11 is 0. The fourth-order valence-electron chi connectivity index (χ4n) is 1.24. The van der Waals surface area contributed by atoms with Gasteiger partial charge in [-0.05, 0) is 6.08 Å². The number of rotatable bonds is 5. The Labute approximate surface area is 101 Å². The van der Waals surface area contributed by atoms with Gasteiger partial charge in [-0.1, -0.05) is 41.6 Å². The molecule has 0 radical (unpaired) electrons. The Hall–Kier alpha value is -2.10. The third-order valence-electron chi connectivity index (χ3n) is 2.05. The second-order valence-electron chi connectivity index (χ2n) is 3.21. The minimum atomic E-state index is -0.286. The Kier molecular flexibility index (Phi) is 5.51. The lowest BCUT2D eigenvalue weighted by Gasteiger charge is -2.00. The van der Waals surface area contributed by atoms with Crippen LogP contribution in [0.25, 0.3) is 0 Å². The molecule has 0 aliphatic carbocycles. The van der Waals surface area contributed by atoms with E-state index < -0.39 is 0 Å². The number of carbonyl (C=O) groups is 1. The maximum absolute atomic E-state index is 10.9. The number of oxime groups is 1. The lowest BCUT2D eigenvalue weighted by molar-refractivity contribution is -0.139. The standard InChI is InChI=1S/C13H15NO3/c1-16-13(15)10-6-9-12(14-17-2)11-7-4-3-5-8-11/h3-9H,10H2,1-2H3/b9-6+,14-12-. The Morgan fingerprint density at radius 2 is 2.00 bits per heavy atom. The zero-order valence-corrected chi connectivity index (χ0v) is 9.92. The van der Waals surface area contributed by atoms with Gasteiger partial charge in [0, 0.05) is 5.56 Å². The van der Waals surface area contributed by atoms with Gasteiger partial charge in [-0.2, -0.15) is 0 Å². The van der Waals surface area contributed by atoms with E-state index in [4.69, 9.17) is 4.84 Å². The molecule has 0 amide bonds. The molecule has 0 heterocycles. The van der Waals surface area contributed by atoms with E-state index >= 15 is 0 Å². The van der Waals surface area contributed by atoms with Crippen LogP contribution in [0.2, 0.25) is 0 Å². The highest BCUT2D eigenvalue weighted by Crippen LogP contribution is 2.03. The Morgan fingerprint density at radius 1 is 1.29 bits per heavy atom. The van der Waals surface area contributed by atoms with Gasteiger partial charge in [-0.15, -0.1) is 0 Å². The smallest absolute Gasteiger partial charge is 0.309 e. The van der Waals surface area contributed by atoms with Gasteiger partial charge in [0.1, 0.15) is 12.8 Å². The first-order chi connectivity index (χ1) is 8.27. The molecule has 0 unspecified atom stereocenters. The minimum absolute atomic E-state index is 0.214. The van der Waals surface area contributed by atoms with E-state index in [9.17, 15) is 4.79 Å². The summed E-state index contributed by atoms with van der Waals surface area (Å²) in [6.45, 7) is 0.